The predicted octanol–water partition coefficient (Wildman–Crippen LogP) is 3.96. The number of unbranched alkanes of at least 4 members (excludes halogenated alkanes) is 2. The quantitative estimate of drug-likeness (QED) is 0.308. The molecule has 1 atom stereocenters. The van der Waals surface area contributed by atoms with E-state index >= 15 is 0 Å². The van der Waals surface area contributed by atoms with Gasteiger partial charge in [-0.1, -0.05) is 60.7 Å². The number of hydrogen-bond donors (Lipinski definition) is 0. The first-order valence-corrected chi connectivity index (χ1v) is 13.2. The molecule has 9 nitrogen and oxygen atoms in total. The van der Waals surface area contributed by atoms with Crippen molar-refractivity contribution < 1.29 is 28.6 Å². The fraction of sp³-hybridized carbons (Fsp3) is 0.483. The minimum atomic E-state index is -1.05. The Labute approximate surface area is 225 Å². The van der Waals surface area contributed by atoms with Crippen LogP contribution < -0.4 is 0 Å². The third-order valence-corrected chi connectivity index (χ3v) is 6.40. The highest BCUT2D eigenvalue weighted by Crippen LogP contribution is 2.12. The maximum Gasteiger partial charge on any atom is 0.410 e. The van der Waals surface area contributed by atoms with Gasteiger partial charge in [0.15, 0.2) is 0 Å². The Hall–Kier alpha value is -3.59. The van der Waals surface area contributed by atoms with E-state index in [4.69, 9.17) is 14.2 Å². The van der Waals surface area contributed by atoms with Gasteiger partial charge in [-0.05, 0) is 30.4 Å². The van der Waals surface area contributed by atoms with Crippen LogP contribution in [-0.4, -0.2) is 92.4 Å². The third-order valence-electron chi connectivity index (χ3n) is 6.40. The van der Waals surface area contributed by atoms with Gasteiger partial charge in [0.1, 0.15) is 6.61 Å². The van der Waals surface area contributed by atoms with Crippen LogP contribution in [-0.2, 0) is 32.0 Å². The summed E-state index contributed by atoms with van der Waals surface area (Å²) >= 11 is 0. The molecule has 0 aliphatic carbocycles. The highest BCUT2D eigenvalue weighted by atomic mass is 16.6. The Kier molecular flexibility index (Phi) is 11.9. The number of carbonyl (C=O) groups excluding carboxylic acids is 3. The molecule has 2 aromatic carbocycles. The maximum absolute atomic E-state index is 12.9. The van der Waals surface area contributed by atoms with Gasteiger partial charge in [0.05, 0.1) is 13.2 Å². The average Bonchev–Trinajstić information content (AvgIpc) is 2.96. The number of benzene rings is 2. The Morgan fingerprint density at radius 1 is 0.842 bits per heavy atom. The smallest absolute Gasteiger partial charge is 0.410 e. The van der Waals surface area contributed by atoms with E-state index in [1.807, 2.05) is 72.6 Å². The number of ether oxygens (including phenoxy) is 3. The number of carbonyl (C=O) groups is 3. The topological polar surface area (TPSA) is 88.6 Å². The van der Waals surface area contributed by atoms with Crippen LogP contribution >= 0.6 is 0 Å². The summed E-state index contributed by atoms with van der Waals surface area (Å²) in [6.07, 6.45) is 1.06. The first-order valence-electron chi connectivity index (χ1n) is 13.2. The lowest BCUT2D eigenvalue weighted by Crippen LogP contribution is -2.47. The lowest BCUT2D eigenvalue weighted by molar-refractivity contribution is -0.155. The molecule has 9 heteroatoms. The minimum absolute atomic E-state index is 0.0256. The monoisotopic (exact) mass is 525 g/mol. The summed E-state index contributed by atoms with van der Waals surface area (Å²) in [6, 6.07) is 18.8. The van der Waals surface area contributed by atoms with Gasteiger partial charge in [-0.25, -0.2) is 14.4 Å². The normalized spacial score (nSPS) is 13.9. The summed E-state index contributed by atoms with van der Waals surface area (Å²) in [7, 11) is 3.47. The van der Waals surface area contributed by atoms with E-state index < -0.39 is 18.2 Å². The van der Waals surface area contributed by atoms with Crippen LogP contribution in [0.2, 0.25) is 0 Å². The van der Waals surface area contributed by atoms with Crippen LogP contribution in [0.15, 0.2) is 60.7 Å². The van der Waals surface area contributed by atoms with E-state index in [1.165, 1.54) is 4.90 Å². The maximum atomic E-state index is 12.9. The van der Waals surface area contributed by atoms with Crippen molar-refractivity contribution in [3.05, 3.63) is 71.8 Å². The van der Waals surface area contributed by atoms with Crippen LogP contribution in [0.4, 0.5) is 9.59 Å². The number of morpholine rings is 1. The van der Waals surface area contributed by atoms with E-state index in [0.717, 1.165) is 30.4 Å². The van der Waals surface area contributed by atoms with Crippen LogP contribution in [0, 0.1) is 0 Å². The van der Waals surface area contributed by atoms with Crippen LogP contribution in [0.25, 0.3) is 0 Å². The van der Waals surface area contributed by atoms with Crippen molar-refractivity contribution in [2.75, 3.05) is 53.5 Å². The van der Waals surface area contributed by atoms with Crippen LogP contribution in [0.5, 0.6) is 0 Å². The molecule has 1 heterocycles. The fourth-order valence-corrected chi connectivity index (χ4v) is 4.09. The van der Waals surface area contributed by atoms with Crippen molar-refractivity contribution in [3.8, 4) is 0 Å². The summed E-state index contributed by atoms with van der Waals surface area (Å²) < 4.78 is 16.4. The zero-order chi connectivity index (χ0) is 27.2. The second kappa shape index (κ2) is 15.6. The molecule has 1 fully saturated rings. The molecule has 206 valence electrons. The van der Waals surface area contributed by atoms with Gasteiger partial charge in [0.25, 0.3) is 0 Å². The van der Waals surface area contributed by atoms with Gasteiger partial charge in [-0.15, -0.1) is 0 Å². The van der Waals surface area contributed by atoms with Crippen molar-refractivity contribution in [2.45, 2.75) is 38.4 Å². The van der Waals surface area contributed by atoms with Gasteiger partial charge in [-0.3, -0.25) is 0 Å². The van der Waals surface area contributed by atoms with Gasteiger partial charge in [-0.2, -0.15) is 0 Å². The van der Waals surface area contributed by atoms with E-state index in [-0.39, 0.29) is 19.1 Å². The summed E-state index contributed by atoms with van der Waals surface area (Å²) in [4.78, 5) is 43.1. The minimum Gasteiger partial charge on any atom is -0.458 e. The molecule has 0 spiro atoms. The molecule has 1 aliphatic heterocycles. The SMILES string of the molecule is CN(CCCCCN(C)C(=O)N1CCOCC1)C(=O)O[C@@H](Cc1ccccc1)C(=O)OCc1ccccc1. The summed E-state index contributed by atoms with van der Waals surface area (Å²) in [5.74, 6) is -0.576. The molecule has 3 rings (SSSR count). The standard InChI is InChI=1S/C29H39N3O6/c1-30(28(34)32-18-20-36-21-19-32)16-10-5-11-17-31(2)29(35)38-26(22-24-12-6-3-7-13-24)27(33)37-23-25-14-8-4-9-15-25/h3-4,6-9,12-15,26H,5,10-11,16-23H2,1-2H3/t26-/m0/s1. The van der Waals surface area contributed by atoms with Gasteiger partial charge >= 0.3 is 18.1 Å². The molecule has 0 N–H and O–H groups in total. The van der Waals surface area contributed by atoms with Gasteiger partial charge < -0.3 is 28.9 Å². The second-order valence-electron chi connectivity index (χ2n) is 9.44. The Morgan fingerprint density at radius 3 is 2.05 bits per heavy atom. The van der Waals surface area contributed by atoms with E-state index in [0.29, 0.717) is 39.4 Å². The number of rotatable bonds is 12. The Balaban J connectivity index is 1.42. The summed E-state index contributed by atoms with van der Waals surface area (Å²) in [6.45, 7) is 3.66. The lowest BCUT2D eigenvalue weighted by Gasteiger charge is -2.31. The average molecular weight is 526 g/mol. The molecule has 0 saturated carbocycles. The molecule has 3 amide bonds. The number of amides is 3. The van der Waals surface area contributed by atoms with Gasteiger partial charge in [0.2, 0.25) is 6.10 Å². The molecule has 38 heavy (non-hydrogen) atoms. The molecule has 0 bridgehead atoms. The molecule has 2 aromatic rings. The van der Waals surface area contributed by atoms with Crippen molar-refractivity contribution in [1.82, 2.24) is 14.7 Å². The molecular formula is C29H39N3O6. The number of nitrogens with zero attached hydrogens (tertiary/aromatic N) is 3. The molecule has 0 aromatic heterocycles. The highest BCUT2D eigenvalue weighted by molar-refractivity contribution is 5.79. The van der Waals surface area contributed by atoms with Gasteiger partial charge in [0, 0.05) is 46.7 Å². The van der Waals surface area contributed by atoms with E-state index in [2.05, 4.69) is 0 Å². The third kappa shape index (κ3) is 9.70. The van der Waals surface area contributed by atoms with Crippen molar-refractivity contribution in [3.63, 3.8) is 0 Å². The Bertz CT molecular complexity index is 998. The Morgan fingerprint density at radius 2 is 1.42 bits per heavy atom. The first kappa shape index (κ1) is 29.0. The second-order valence-corrected chi connectivity index (χ2v) is 9.44. The number of esters is 1. The van der Waals surface area contributed by atoms with Crippen molar-refractivity contribution in [2.24, 2.45) is 0 Å². The number of urea groups is 1. The van der Waals surface area contributed by atoms with Crippen molar-refractivity contribution >= 4 is 18.1 Å². The molecular weight excluding hydrogens is 486 g/mol. The summed E-state index contributed by atoms with van der Waals surface area (Å²) in [5.41, 5.74) is 1.74. The molecule has 0 unspecified atom stereocenters. The zero-order valence-electron chi connectivity index (χ0n) is 22.4. The largest absolute Gasteiger partial charge is 0.458 e. The van der Waals surface area contributed by atoms with E-state index in [9.17, 15) is 14.4 Å². The van der Waals surface area contributed by atoms with E-state index in [1.54, 1.807) is 11.9 Å². The summed E-state index contributed by atoms with van der Waals surface area (Å²) in [5, 5.41) is 0. The van der Waals surface area contributed by atoms with Crippen LogP contribution in [0.1, 0.15) is 30.4 Å². The molecule has 1 saturated heterocycles. The number of hydrogen-bond acceptors (Lipinski definition) is 6. The zero-order valence-corrected chi connectivity index (χ0v) is 22.4. The molecule has 1 aliphatic rings. The van der Waals surface area contributed by atoms with Crippen molar-refractivity contribution in [1.29, 1.82) is 0 Å². The lowest BCUT2D eigenvalue weighted by atomic mass is 10.1. The van der Waals surface area contributed by atoms with Crippen LogP contribution in [0.3, 0.4) is 0 Å². The predicted molar refractivity (Wildman–Crippen MR) is 144 cm³/mol. The first-order chi connectivity index (χ1) is 18.4. The molecule has 0 radical (unpaired) electrons. The highest BCUT2D eigenvalue weighted by Gasteiger charge is 2.27. The fourth-order valence-electron chi connectivity index (χ4n) is 4.09.